The van der Waals surface area contributed by atoms with Crippen LogP contribution in [0.15, 0.2) is 24.3 Å². The highest BCUT2D eigenvalue weighted by molar-refractivity contribution is 8.19. The van der Waals surface area contributed by atoms with Crippen LogP contribution in [0.3, 0.4) is 0 Å². The maximum atomic E-state index is 12.1. The van der Waals surface area contributed by atoms with E-state index in [-0.39, 0.29) is 18.6 Å². The van der Waals surface area contributed by atoms with E-state index >= 15 is 0 Å². The van der Waals surface area contributed by atoms with Crippen molar-refractivity contribution in [2.45, 2.75) is 43.2 Å². The van der Waals surface area contributed by atoms with Gasteiger partial charge in [-0.3, -0.25) is 4.79 Å². The lowest BCUT2D eigenvalue weighted by Gasteiger charge is -2.26. The molecule has 1 heterocycles. The van der Waals surface area contributed by atoms with E-state index in [1.54, 1.807) is 12.1 Å². The van der Waals surface area contributed by atoms with Crippen LogP contribution in [0.1, 0.15) is 53.1 Å². The van der Waals surface area contributed by atoms with Crippen molar-refractivity contribution in [1.82, 2.24) is 5.32 Å². The SMILES string of the molecule is CC1CCC(NC(=O)COC(=O)c2ccc(C3SCCS3)cc2)CC1. The number of benzene rings is 1. The van der Waals surface area contributed by atoms with Crippen molar-refractivity contribution in [3.63, 3.8) is 0 Å². The maximum absolute atomic E-state index is 12.1. The number of nitrogens with one attached hydrogen (secondary N) is 1. The number of hydrogen-bond acceptors (Lipinski definition) is 5. The maximum Gasteiger partial charge on any atom is 0.338 e. The zero-order valence-corrected chi connectivity index (χ0v) is 16.2. The van der Waals surface area contributed by atoms with Crippen molar-refractivity contribution >= 4 is 35.4 Å². The second kappa shape index (κ2) is 8.99. The molecule has 2 fully saturated rings. The van der Waals surface area contributed by atoms with E-state index in [1.165, 1.54) is 17.1 Å². The first-order valence-corrected chi connectivity index (χ1v) is 11.0. The van der Waals surface area contributed by atoms with Gasteiger partial charge in [0, 0.05) is 17.5 Å². The van der Waals surface area contributed by atoms with E-state index in [0.29, 0.717) is 10.1 Å². The quantitative estimate of drug-likeness (QED) is 0.783. The molecule has 2 aliphatic rings. The Kier molecular flexibility index (Phi) is 6.70. The van der Waals surface area contributed by atoms with Crippen molar-refractivity contribution in [1.29, 1.82) is 0 Å². The van der Waals surface area contributed by atoms with Crippen molar-refractivity contribution in [2.75, 3.05) is 18.1 Å². The normalized spacial score (nSPS) is 24.0. The number of carbonyl (C=O) groups excluding carboxylic acids is 2. The summed E-state index contributed by atoms with van der Waals surface area (Å²) in [6.45, 7) is 2.04. The molecule has 6 heteroatoms. The molecule has 0 unspecified atom stereocenters. The molecule has 0 spiro atoms. The van der Waals surface area contributed by atoms with Crippen LogP contribution in [-0.2, 0) is 9.53 Å². The number of carbonyl (C=O) groups is 2. The number of rotatable bonds is 5. The van der Waals surface area contributed by atoms with Gasteiger partial charge in [0.1, 0.15) is 0 Å². The molecule has 0 radical (unpaired) electrons. The summed E-state index contributed by atoms with van der Waals surface area (Å²) in [6, 6.07) is 7.77. The average Bonchev–Trinajstić information content (AvgIpc) is 3.16. The Labute approximate surface area is 157 Å². The first-order chi connectivity index (χ1) is 12.1. The molecule has 0 bridgehead atoms. The van der Waals surface area contributed by atoms with Crippen LogP contribution in [0.4, 0.5) is 0 Å². The highest BCUT2D eigenvalue weighted by Gasteiger charge is 2.21. The average molecular weight is 380 g/mol. The molecule has 3 rings (SSSR count). The van der Waals surface area contributed by atoms with Crippen LogP contribution < -0.4 is 5.32 Å². The zero-order chi connectivity index (χ0) is 17.6. The van der Waals surface area contributed by atoms with Gasteiger partial charge in [-0.1, -0.05) is 19.1 Å². The fourth-order valence-corrected chi connectivity index (χ4v) is 6.07. The summed E-state index contributed by atoms with van der Waals surface area (Å²) >= 11 is 3.87. The predicted molar refractivity (Wildman–Crippen MR) is 104 cm³/mol. The van der Waals surface area contributed by atoms with Crippen molar-refractivity contribution in [3.8, 4) is 0 Å². The molecule has 1 saturated carbocycles. The van der Waals surface area contributed by atoms with Gasteiger partial charge in [-0.2, -0.15) is 0 Å². The van der Waals surface area contributed by atoms with E-state index in [9.17, 15) is 9.59 Å². The highest BCUT2D eigenvalue weighted by Crippen LogP contribution is 2.45. The fraction of sp³-hybridized carbons (Fsp3) is 0.579. The molecular weight excluding hydrogens is 354 g/mol. The molecule has 25 heavy (non-hydrogen) atoms. The van der Waals surface area contributed by atoms with Crippen LogP contribution in [0.25, 0.3) is 0 Å². The lowest BCUT2D eigenvalue weighted by Crippen LogP contribution is -2.39. The van der Waals surface area contributed by atoms with Crippen molar-refractivity contribution < 1.29 is 14.3 Å². The Morgan fingerprint density at radius 3 is 2.36 bits per heavy atom. The van der Waals surface area contributed by atoms with Gasteiger partial charge in [0.05, 0.1) is 10.1 Å². The molecule has 0 atom stereocenters. The van der Waals surface area contributed by atoms with Crippen LogP contribution in [0.2, 0.25) is 0 Å². The standard InChI is InChI=1S/C19H25NO3S2/c1-13-2-8-16(9-3-13)20-17(21)12-23-18(22)14-4-6-15(7-5-14)19-24-10-11-25-19/h4-7,13,16,19H,2-3,8-12H2,1H3,(H,20,21). The summed E-state index contributed by atoms with van der Waals surface area (Å²) in [7, 11) is 0. The lowest BCUT2D eigenvalue weighted by atomic mass is 9.87. The minimum atomic E-state index is -0.439. The molecule has 1 aromatic rings. The Morgan fingerprint density at radius 2 is 1.72 bits per heavy atom. The third kappa shape index (κ3) is 5.42. The molecule has 1 saturated heterocycles. The molecule has 4 nitrogen and oxygen atoms in total. The summed E-state index contributed by atoms with van der Waals surface area (Å²) in [5.74, 6) is 2.45. The van der Waals surface area contributed by atoms with Gasteiger partial charge in [-0.25, -0.2) is 4.79 Å². The van der Waals surface area contributed by atoms with Gasteiger partial charge >= 0.3 is 5.97 Å². The first-order valence-electron chi connectivity index (χ1n) is 8.91. The van der Waals surface area contributed by atoms with Crippen LogP contribution in [0, 0.1) is 5.92 Å². The molecule has 1 amide bonds. The smallest absolute Gasteiger partial charge is 0.338 e. The van der Waals surface area contributed by atoms with Gasteiger partial charge in [0.25, 0.3) is 5.91 Å². The van der Waals surface area contributed by atoms with Gasteiger partial charge < -0.3 is 10.1 Å². The predicted octanol–water partition coefficient (Wildman–Crippen LogP) is 4.02. The second-order valence-electron chi connectivity index (χ2n) is 6.80. The highest BCUT2D eigenvalue weighted by atomic mass is 32.2. The Balaban J connectivity index is 1.43. The first kappa shape index (κ1) is 18.6. The Morgan fingerprint density at radius 1 is 1.08 bits per heavy atom. The number of ether oxygens (including phenoxy) is 1. The number of hydrogen-bond donors (Lipinski definition) is 1. The zero-order valence-electron chi connectivity index (χ0n) is 14.5. The molecule has 0 aromatic heterocycles. The third-order valence-corrected chi connectivity index (χ3v) is 7.86. The lowest BCUT2D eigenvalue weighted by molar-refractivity contribution is -0.125. The monoisotopic (exact) mass is 379 g/mol. The fourth-order valence-electron chi connectivity index (χ4n) is 3.22. The van der Waals surface area contributed by atoms with Gasteiger partial charge in [-0.05, 0) is 49.3 Å². The molecule has 136 valence electrons. The minimum Gasteiger partial charge on any atom is -0.452 e. The molecule has 1 aliphatic heterocycles. The van der Waals surface area contributed by atoms with E-state index in [0.717, 1.165) is 31.6 Å². The second-order valence-corrected chi connectivity index (χ2v) is 9.52. The number of amides is 1. The topological polar surface area (TPSA) is 55.4 Å². The van der Waals surface area contributed by atoms with E-state index in [1.807, 2.05) is 35.7 Å². The van der Waals surface area contributed by atoms with Gasteiger partial charge in [-0.15, -0.1) is 23.5 Å². The van der Waals surface area contributed by atoms with Crippen molar-refractivity contribution in [2.24, 2.45) is 5.92 Å². The minimum absolute atomic E-state index is 0.205. The molecule has 1 aliphatic carbocycles. The largest absolute Gasteiger partial charge is 0.452 e. The summed E-state index contributed by atoms with van der Waals surface area (Å²) in [5.41, 5.74) is 1.73. The van der Waals surface area contributed by atoms with E-state index in [4.69, 9.17) is 4.74 Å². The van der Waals surface area contributed by atoms with E-state index < -0.39 is 5.97 Å². The Bertz CT molecular complexity index is 591. The summed E-state index contributed by atoms with van der Waals surface area (Å²) in [4.78, 5) is 24.1. The molecular formula is C19H25NO3S2. The number of thioether (sulfide) groups is 2. The van der Waals surface area contributed by atoms with Crippen LogP contribution in [0.5, 0.6) is 0 Å². The summed E-state index contributed by atoms with van der Waals surface area (Å²) in [5, 5.41) is 2.97. The van der Waals surface area contributed by atoms with Gasteiger partial charge in [0.15, 0.2) is 6.61 Å². The van der Waals surface area contributed by atoms with Crippen LogP contribution in [-0.4, -0.2) is 36.0 Å². The Hall–Kier alpha value is -1.14. The third-order valence-electron chi connectivity index (χ3n) is 4.76. The van der Waals surface area contributed by atoms with Gasteiger partial charge in [0.2, 0.25) is 0 Å². The summed E-state index contributed by atoms with van der Waals surface area (Å²) < 4.78 is 5.62. The molecule has 1 N–H and O–H groups in total. The van der Waals surface area contributed by atoms with E-state index in [2.05, 4.69) is 12.2 Å². The summed E-state index contributed by atoms with van der Waals surface area (Å²) in [6.07, 6.45) is 4.32. The van der Waals surface area contributed by atoms with Crippen molar-refractivity contribution in [3.05, 3.63) is 35.4 Å². The molecule has 1 aromatic carbocycles. The van der Waals surface area contributed by atoms with Crippen LogP contribution >= 0.6 is 23.5 Å². The number of esters is 1.